The average molecular weight is 404 g/mol. The predicted molar refractivity (Wildman–Crippen MR) is 113 cm³/mol. The Kier molecular flexibility index (Phi) is 4.76. The molecule has 152 valence electrons. The third-order valence-electron chi connectivity index (χ3n) is 5.31. The number of nitrogen functional groups attached to an aromatic ring is 1. The minimum absolute atomic E-state index is 0.205. The van der Waals surface area contributed by atoms with Crippen LogP contribution in [0.2, 0.25) is 0 Å². The van der Waals surface area contributed by atoms with E-state index in [4.69, 9.17) is 10.5 Å². The van der Waals surface area contributed by atoms with Crippen LogP contribution in [0, 0.1) is 5.82 Å². The average Bonchev–Trinajstić information content (AvgIpc) is 3.20. The summed E-state index contributed by atoms with van der Waals surface area (Å²) in [5.74, 6) is 1.78. The first-order valence-corrected chi connectivity index (χ1v) is 9.94. The Bertz CT molecular complexity index is 1190. The number of nitrogens with zero attached hydrogens (tertiary/aromatic N) is 3. The van der Waals surface area contributed by atoms with Gasteiger partial charge in [-0.25, -0.2) is 14.4 Å². The van der Waals surface area contributed by atoms with E-state index in [0.717, 1.165) is 25.9 Å². The van der Waals surface area contributed by atoms with Crippen LogP contribution < -0.4 is 15.8 Å². The van der Waals surface area contributed by atoms with E-state index in [1.807, 2.05) is 30.3 Å². The first-order valence-electron chi connectivity index (χ1n) is 9.94. The summed E-state index contributed by atoms with van der Waals surface area (Å²) in [6.07, 6.45) is 2.08. The van der Waals surface area contributed by atoms with Crippen LogP contribution in [0.4, 0.5) is 10.2 Å². The molecule has 2 aromatic carbocycles. The van der Waals surface area contributed by atoms with Crippen molar-refractivity contribution in [2.75, 3.05) is 18.8 Å². The van der Waals surface area contributed by atoms with Crippen LogP contribution in [0.25, 0.3) is 22.3 Å². The minimum atomic E-state index is -0.450. The Morgan fingerprint density at radius 1 is 1.07 bits per heavy atom. The van der Waals surface area contributed by atoms with Crippen molar-refractivity contribution in [3.63, 3.8) is 0 Å². The Hall–Kier alpha value is -3.52. The van der Waals surface area contributed by atoms with Gasteiger partial charge in [0.05, 0.1) is 11.1 Å². The Balaban J connectivity index is 1.48. The van der Waals surface area contributed by atoms with Crippen molar-refractivity contribution in [1.82, 2.24) is 25.5 Å². The van der Waals surface area contributed by atoms with Crippen LogP contribution in [-0.2, 0) is 0 Å². The molecule has 0 radical (unpaired) electrons. The molecule has 1 atom stereocenters. The number of hydrogen-bond acceptors (Lipinski definition) is 6. The van der Waals surface area contributed by atoms with Crippen LogP contribution in [-0.4, -0.2) is 33.3 Å². The summed E-state index contributed by atoms with van der Waals surface area (Å²) in [5.41, 5.74) is 7.49. The van der Waals surface area contributed by atoms with Crippen molar-refractivity contribution >= 4 is 16.9 Å². The van der Waals surface area contributed by atoms with Crippen LogP contribution in [0.15, 0.2) is 48.5 Å². The number of halogens is 1. The van der Waals surface area contributed by atoms with Crippen molar-refractivity contribution in [2.45, 2.75) is 18.8 Å². The molecule has 0 bridgehead atoms. The highest BCUT2D eigenvalue weighted by molar-refractivity contribution is 5.98. The Labute approximate surface area is 172 Å². The van der Waals surface area contributed by atoms with E-state index < -0.39 is 5.82 Å². The van der Waals surface area contributed by atoms with Gasteiger partial charge in [-0.3, -0.25) is 5.10 Å². The van der Waals surface area contributed by atoms with E-state index in [1.54, 1.807) is 12.1 Å². The maximum Gasteiger partial charge on any atom is 0.187 e. The molecule has 0 spiro atoms. The van der Waals surface area contributed by atoms with E-state index in [1.165, 1.54) is 6.07 Å². The van der Waals surface area contributed by atoms with Crippen LogP contribution >= 0.6 is 0 Å². The lowest BCUT2D eigenvalue weighted by Crippen LogP contribution is -2.29. The van der Waals surface area contributed by atoms with Gasteiger partial charge in [-0.15, -0.1) is 0 Å². The van der Waals surface area contributed by atoms with E-state index in [2.05, 4.69) is 25.5 Å². The number of rotatable bonds is 4. The number of aromatic nitrogens is 4. The second kappa shape index (κ2) is 7.72. The van der Waals surface area contributed by atoms with Gasteiger partial charge in [0, 0.05) is 24.1 Å². The largest absolute Gasteiger partial charge is 0.457 e. The van der Waals surface area contributed by atoms with Gasteiger partial charge < -0.3 is 15.8 Å². The number of aromatic amines is 1. The molecule has 30 heavy (non-hydrogen) atoms. The zero-order chi connectivity index (χ0) is 20.5. The van der Waals surface area contributed by atoms with Gasteiger partial charge in [-0.1, -0.05) is 18.2 Å². The lowest BCUT2D eigenvalue weighted by Gasteiger charge is -2.21. The first-order chi connectivity index (χ1) is 14.7. The second-order valence-electron chi connectivity index (χ2n) is 7.36. The zero-order valence-electron chi connectivity index (χ0n) is 16.2. The van der Waals surface area contributed by atoms with Crippen LogP contribution in [0.5, 0.6) is 11.5 Å². The molecule has 4 N–H and O–H groups in total. The van der Waals surface area contributed by atoms with Gasteiger partial charge in [0.25, 0.3) is 0 Å². The molecule has 3 heterocycles. The molecule has 0 saturated carbocycles. The number of nitrogens with two attached hydrogens (primary N) is 1. The summed E-state index contributed by atoms with van der Waals surface area (Å²) in [6.45, 7) is 1.82. The summed E-state index contributed by atoms with van der Waals surface area (Å²) >= 11 is 0. The molecule has 0 aliphatic carbocycles. The highest BCUT2D eigenvalue weighted by atomic mass is 19.1. The number of benzene rings is 2. The molecule has 0 amide bonds. The number of fused-ring (bicyclic) bond motifs is 1. The number of anilines is 1. The van der Waals surface area contributed by atoms with Crippen molar-refractivity contribution in [1.29, 1.82) is 0 Å². The number of piperidine rings is 1. The fourth-order valence-corrected chi connectivity index (χ4v) is 3.81. The minimum Gasteiger partial charge on any atom is -0.457 e. The lowest BCUT2D eigenvalue weighted by molar-refractivity contribution is 0.447. The molecule has 4 aromatic rings. The fraction of sp³-hybridized carbons (Fsp3) is 0.227. The second-order valence-corrected chi connectivity index (χ2v) is 7.36. The SMILES string of the molecule is Nc1nc([C@@H]2CCCNC2)nc2n[nH]c(-c3ccc(Oc4ccccc4)cc3F)c12. The van der Waals surface area contributed by atoms with Crippen molar-refractivity contribution < 1.29 is 9.13 Å². The van der Waals surface area contributed by atoms with Crippen LogP contribution in [0.1, 0.15) is 24.6 Å². The van der Waals surface area contributed by atoms with E-state index >= 15 is 0 Å². The molecule has 0 unspecified atom stereocenters. The summed E-state index contributed by atoms with van der Waals surface area (Å²) in [6, 6.07) is 13.9. The quantitative estimate of drug-likeness (QED) is 0.475. The third-order valence-corrected chi connectivity index (χ3v) is 5.31. The highest BCUT2D eigenvalue weighted by Gasteiger charge is 2.22. The van der Waals surface area contributed by atoms with Gasteiger partial charge in [0.15, 0.2) is 5.65 Å². The number of para-hydroxylation sites is 1. The topological polar surface area (TPSA) is 102 Å². The van der Waals surface area contributed by atoms with E-state index in [-0.39, 0.29) is 5.92 Å². The van der Waals surface area contributed by atoms with Crippen molar-refractivity contribution in [3.05, 3.63) is 60.2 Å². The molecular weight excluding hydrogens is 383 g/mol. The molecule has 2 aromatic heterocycles. The third kappa shape index (κ3) is 3.46. The number of hydrogen-bond donors (Lipinski definition) is 3. The van der Waals surface area contributed by atoms with Gasteiger partial charge in [0.2, 0.25) is 0 Å². The molecule has 1 aliphatic heterocycles. The van der Waals surface area contributed by atoms with Gasteiger partial charge in [-0.05, 0) is 43.7 Å². The Morgan fingerprint density at radius 3 is 2.70 bits per heavy atom. The summed E-state index contributed by atoms with van der Waals surface area (Å²) in [5, 5.41) is 11.0. The summed E-state index contributed by atoms with van der Waals surface area (Å²) < 4.78 is 20.6. The standard InChI is InChI=1S/C22H21FN6O/c23-17-11-15(30-14-6-2-1-3-7-14)8-9-16(17)19-18-20(24)26-21(27-22(18)29-28-19)13-5-4-10-25-12-13/h1-3,6-9,11,13,25H,4-5,10,12H2,(H3,24,26,27,28,29)/t13-/m1/s1. The normalized spacial score (nSPS) is 16.6. The number of ether oxygens (including phenoxy) is 1. The maximum atomic E-state index is 14.9. The Morgan fingerprint density at radius 2 is 1.93 bits per heavy atom. The fourth-order valence-electron chi connectivity index (χ4n) is 3.81. The summed E-state index contributed by atoms with van der Waals surface area (Å²) in [4.78, 5) is 9.09. The highest BCUT2D eigenvalue weighted by Crippen LogP contribution is 2.34. The van der Waals surface area contributed by atoms with Gasteiger partial charge >= 0.3 is 0 Å². The first kappa shape index (κ1) is 18.5. The van der Waals surface area contributed by atoms with Crippen LogP contribution in [0.3, 0.4) is 0 Å². The molecule has 5 rings (SSSR count). The van der Waals surface area contributed by atoms with Crippen molar-refractivity contribution in [3.8, 4) is 22.8 Å². The lowest BCUT2D eigenvalue weighted by atomic mass is 9.98. The van der Waals surface area contributed by atoms with Crippen molar-refractivity contribution in [2.24, 2.45) is 0 Å². The van der Waals surface area contributed by atoms with Gasteiger partial charge in [0.1, 0.15) is 29.0 Å². The van der Waals surface area contributed by atoms with Gasteiger partial charge in [-0.2, -0.15) is 5.10 Å². The van der Waals surface area contributed by atoms with E-state index in [0.29, 0.717) is 45.4 Å². The molecule has 1 aliphatic rings. The monoisotopic (exact) mass is 404 g/mol. The summed E-state index contributed by atoms with van der Waals surface area (Å²) in [7, 11) is 0. The smallest absolute Gasteiger partial charge is 0.187 e. The number of H-pyrrole nitrogens is 1. The molecule has 1 fully saturated rings. The molecule has 1 saturated heterocycles. The predicted octanol–water partition coefficient (Wildman–Crippen LogP) is 4.00. The molecular formula is C22H21FN6O. The maximum absolute atomic E-state index is 14.9. The number of nitrogens with one attached hydrogen (secondary N) is 2. The molecule has 7 nitrogen and oxygen atoms in total. The molecule has 8 heteroatoms. The van der Waals surface area contributed by atoms with E-state index in [9.17, 15) is 4.39 Å². The zero-order valence-corrected chi connectivity index (χ0v) is 16.2.